The molecule has 0 N–H and O–H groups in total. The lowest BCUT2D eigenvalue weighted by molar-refractivity contribution is 1.44. The molecule has 4 aromatic rings. The molecule has 4 aromatic carbocycles. The van der Waals surface area contributed by atoms with Crippen LogP contribution in [0, 0.1) is 0 Å². The molecule has 0 aromatic heterocycles. The van der Waals surface area contributed by atoms with Gasteiger partial charge in [-0.1, -0.05) is 103 Å². The highest BCUT2D eigenvalue weighted by Gasteiger charge is 2.15. The van der Waals surface area contributed by atoms with E-state index < -0.39 is 0 Å². The average molecular weight is 411 g/mol. The van der Waals surface area contributed by atoms with Crippen molar-refractivity contribution in [3.63, 3.8) is 0 Å². The zero-order valence-corrected chi connectivity index (χ0v) is 17.9. The van der Waals surface area contributed by atoms with Crippen molar-refractivity contribution in [1.82, 2.24) is 0 Å². The first-order valence-electron chi connectivity index (χ1n) is 9.57. The molecule has 0 fully saturated rings. The summed E-state index contributed by atoms with van der Waals surface area (Å²) in [5.41, 5.74) is 4.95. The second-order valence-corrected chi connectivity index (χ2v) is 8.54. The van der Waals surface area contributed by atoms with Crippen molar-refractivity contribution >= 4 is 34.0 Å². The molecule has 0 spiro atoms. The van der Waals surface area contributed by atoms with Crippen molar-refractivity contribution in [1.29, 1.82) is 0 Å². The predicted octanol–water partition coefficient (Wildman–Crippen LogP) is 8.12. The summed E-state index contributed by atoms with van der Waals surface area (Å²) in [6, 6.07) is 40.9. The maximum atomic E-state index is 2.24. The zero-order valence-electron chi connectivity index (χ0n) is 16.3. The molecule has 0 saturated heterocycles. The highest BCUT2D eigenvalue weighted by Crippen LogP contribution is 2.43. The van der Waals surface area contributed by atoms with Gasteiger partial charge in [-0.15, -0.1) is 11.8 Å². The first-order valence-corrected chi connectivity index (χ1v) is 11.6. The van der Waals surface area contributed by atoms with Gasteiger partial charge in [0.05, 0.1) is 0 Å². The first-order chi connectivity index (χ1) is 14.3. The minimum absolute atomic E-state index is 1.23. The van der Waals surface area contributed by atoms with Crippen molar-refractivity contribution in [2.75, 3.05) is 6.26 Å². The van der Waals surface area contributed by atoms with E-state index in [0.717, 1.165) is 0 Å². The van der Waals surface area contributed by atoms with E-state index in [4.69, 9.17) is 0 Å². The van der Waals surface area contributed by atoms with Gasteiger partial charge in [-0.05, 0) is 47.2 Å². The molecule has 29 heavy (non-hydrogen) atoms. The maximum Gasteiger partial charge on any atom is 0.0279 e. The Balaban J connectivity index is 1.96. The zero-order chi connectivity index (χ0) is 19.9. The van der Waals surface area contributed by atoms with Gasteiger partial charge in [-0.25, -0.2) is 0 Å². The van der Waals surface area contributed by atoms with Crippen LogP contribution in [0.2, 0.25) is 0 Å². The minimum Gasteiger partial charge on any atom is -0.130 e. The molecular weight excluding hydrogens is 388 g/mol. The van der Waals surface area contributed by atoms with Crippen molar-refractivity contribution < 1.29 is 0 Å². The van der Waals surface area contributed by atoms with Crippen LogP contribution in [0.1, 0.15) is 16.7 Å². The molecule has 0 saturated carbocycles. The summed E-state index contributed by atoms with van der Waals surface area (Å²) < 4.78 is 0. The lowest BCUT2D eigenvalue weighted by atomic mass is 9.95. The lowest BCUT2D eigenvalue weighted by Gasteiger charge is -2.17. The summed E-state index contributed by atoms with van der Waals surface area (Å²) in [5.74, 6) is 0. The van der Waals surface area contributed by atoms with Gasteiger partial charge in [-0.3, -0.25) is 0 Å². The Hall–Kier alpha value is -2.68. The highest BCUT2D eigenvalue weighted by molar-refractivity contribution is 8.08. The summed E-state index contributed by atoms with van der Waals surface area (Å²) >= 11 is 3.60. The SMILES string of the molecule is CSc1ccc(C(Sc2ccccc2)=C(c2ccccc2)c2ccccc2)cc1. The molecular formula is C27H22S2. The van der Waals surface area contributed by atoms with E-state index in [9.17, 15) is 0 Å². The van der Waals surface area contributed by atoms with Crippen LogP contribution < -0.4 is 0 Å². The Morgan fingerprint density at radius 2 is 0.966 bits per heavy atom. The van der Waals surface area contributed by atoms with Gasteiger partial charge in [0.15, 0.2) is 0 Å². The second-order valence-electron chi connectivity index (χ2n) is 6.58. The number of rotatable bonds is 6. The Kier molecular flexibility index (Phi) is 6.56. The number of thioether (sulfide) groups is 2. The van der Waals surface area contributed by atoms with Gasteiger partial charge in [0.2, 0.25) is 0 Å². The molecule has 0 atom stereocenters. The third-order valence-corrected chi connectivity index (χ3v) is 6.56. The largest absolute Gasteiger partial charge is 0.130 e. The minimum atomic E-state index is 1.23. The molecule has 0 heterocycles. The molecule has 4 rings (SSSR count). The first kappa shape index (κ1) is 19.6. The summed E-state index contributed by atoms with van der Waals surface area (Å²) in [6.07, 6.45) is 2.11. The molecule has 142 valence electrons. The molecule has 2 heteroatoms. The van der Waals surface area contributed by atoms with Crippen LogP contribution in [0.5, 0.6) is 0 Å². The fourth-order valence-electron chi connectivity index (χ4n) is 3.24. The molecule has 0 nitrogen and oxygen atoms in total. The van der Waals surface area contributed by atoms with E-state index in [1.165, 1.54) is 37.0 Å². The lowest BCUT2D eigenvalue weighted by Crippen LogP contribution is -1.93. The molecule has 0 bridgehead atoms. The smallest absolute Gasteiger partial charge is 0.0279 e. The maximum absolute atomic E-state index is 2.24. The van der Waals surface area contributed by atoms with Crippen LogP contribution >= 0.6 is 23.5 Å². The van der Waals surface area contributed by atoms with Crippen LogP contribution in [-0.4, -0.2) is 6.26 Å². The monoisotopic (exact) mass is 410 g/mol. The van der Waals surface area contributed by atoms with E-state index in [-0.39, 0.29) is 0 Å². The third-order valence-electron chi connectivity index (χ3n) is 4.67. The topological polar surface area (TPSA) is 0 Å². The normalized spacial score (nSPS) is 10.5. The quantitative estimate of drug-likeness (QED) is 0.232. The van der Waals surface area contributed by atoms with E-state index >= 15 is 0 Å². The Bertz CT molecular complexity index is 1030. The Morgan fingerprint density at radius 3 is 1.45 bits per heavy atom. The van der Waals surface area contributed by atoms with Crippen LogP contribution in [-0.2, 0) is 0 Å². The van der Waals surface area contributed by atoms with Gasteiger partial charge in [0.25, 0.3) is 0 Å². The summed E-state index contributed by atoms with van der Waals surface area (Å²) in [6.45, 7) is 0. The molecule has 0 radical (unpaired) electrons. The van der Waals surface area contributed by atoms with Crippen LogP contribution in [0.4, 0.5) is 0 Å². The van der Waals surface area contributed by atoms with E-state index in [2.05, 4.69) is 122 Å². The third kappa shape index (κ3) is 4.84. The fraction of sp³-hybridized carbons (Fsp3) is 0.0370. The molecule has 0 aliphatic carbocycles. The number of hydrogen-bond donors (Lipinski definition) is 0. The van der Waals surface area contributed by atoms with Crippen molar-refractivity contribution in [2.24, 2.45) is 0 Å². The van der Waals surface area contributed by atoms with E-state index in [1.807, 2.05) is 11.8 Å². The summed E-state index contributed by atoms with van der Waals surface area (Å²) in [4.78, 5) is 3.78. The standard InChI is InChI=1S/C27H22S2/c1-28-24-19-17-23(18-20-24)27(29-25-15-9-4-10-16-25)26(21-11-5-2-6-12-21)22-13-7-3-8-14-22/h2-20H,1H3. The van der Waals surface area contributed by atoms with Gasteiger partial charge in [-0.2, -0.15) is 0 Å². The molecule has 0 aliphatic heterocycles. The number of benzene rings is 4. The second kappa shape index (κ2) is 9.69. The van der Waals surface area contributed by atoms with Crippen LogP contribution in [0.15, 0.2) is 125 Å². The van der Waals surface area contributed by atoms with Crippen molar-refractivity contribution in [3.8, 4) is 0 Å². The summed E-state index contributed by atoms with van der Waals surface area (Å²) in [5, 5.41) is 0. The highest BCUT2D eigenvalue weighted by atomic mass is 32.2. The van der Waals surface area contributed by atoms with Crippen molar-refractivity contribution in [2.45, 2.75) is 9.79 Å². The van der Waals surface area contributed by atoms with Gasteiger partial charge >= 0.3 is 0 Å². The fourth-order valence-corrected chi connectivity index (χ4v) is 4.77. The van der Waals surface area contributed by atoms with Gasteiger partial charge in [0, 0.05) is 20.3 Å². The van der Waals surface area contributed by atoms with E-state index in [0.29, 0.717) is 0 Å². The molecule has 0 aliphatic rings. The Labute approximate surface area is 181 Å². The van der Waals surface area contributed by atoms with Crippen molar-refractivity contribution in [3.05, 3.63) is 132 Å². The molecule has 0 unspecified atom stereocenters. The molecule has 0 amide bonds. The Morgan fingerprint density at radius 1 is 0.483 bits per heavy atom. The van der Waals surface area contributed by atoms with Gasteiger partial charge in [0.1, 0.15) is 0 Å². The number of hydrogen-bond acceptors (Lipinski definition) is 2. The average Bonchev–Trinajstić information content (AvgIpc) is 2.81. The predicted molar refractivity (Wildman–Crippen MR) is 129 cm³/mol. The van der Waals surface area contributed by atoms with Gasteiger partial charge < -0.3 is 0 Å². The van der Waals surface area contributed by atoms with Crippen LogP contribution in [0.25, 0.3) is 10.5 Å². The van der Waals surface area contributed by atoms with Crippen LogP contribution in [0.3, 0.4) is 0 Å². The summed E-state index contributed by atoms with van der Waals surface area (Å²) in [7, 11) is 0. The van der Waals surface area contributed by atoms with E-state index in [1.54, 1.807) is 11.8 Å².